The van der Waals surface area contributed by atoms with E-state index >= 15 is 0 Å². The van der Waals surface area contributed by atoms with Crippen LogP contribution in [0, 0.1) is 0 Å². The number of methoxy groups -OCH3 is 1. The van der Waals surface area contributed by atoms with Crippen LogP contribution < -0.4 is 0 Å². The van der Waals surface area contributed by atoms with E-state index in [2.05, 4.69) is 4.90 Å². The first-order valence-corrected chi connectivity index (χ1v) is 8.45. The van der Waals surface area contributed by atoms with Crippen molar-refractivity contribution < 1.29 is 19.4 Å². The molecule has 2 atom stereocenters. The van der Waals surface area contributed by atoms with Gasteiger partial charge in [0, 0.05) is 45.4 Å². The Morgan fingerprint density at radius 1 is 1.46 bits per heavy atom. The lowest BCUT2D eigenvalue weighted by molar-refractivity contribution is -0.0503. The van der Waals surface area contributed by atoms with Gasteiger partial charge in [0.2, 0.25) is 0 Å². The second-order valence-electron chi connectivity index (χ2n) is 6.21. The van der Waals surface area contributed by atoms with Crippen molar-refractivity contribution in [2.45, 2.75) is 19.1 Å². The summed E-state index contributed by atoms with van der Waals surface area (Å²) >= 11 is 0. The fraction of sp³-hybridized carbons (Fsp3) is 0.611. The van der Waals surface area contributed by atoms with Gasteiger partial charge in [-0.15, -0.1) is 0 Å². The number of hydrogen-bond acceptors (Lipinski definition) is 5. The maximum Gasteiger partial charge on any atom is 0.254 e. The van der Waals surface area contributed by atoms with Crippen molar-refractivity contribution in [1.82, 2.24) is 9.80 Å². The Balaban J connectivity index is 1.98. The van der Waals surface area contributed by atoms with Crippen LogP contribution in [0.2, 0.25) is 0 Å². The maximum absolute atomic E-state index is 12.7. The monoisotopic (exact) mass is 336 g/mol. The van der Waals surface area contributed by atoms with E-state index in [-0.39, 0.29) is 18.1 Å². The Bertz CT molecular complexity index is 495. The van der Waals surface area contributed by atoms with E-state index in [1.807, 2.05) is 30.3 Å². The topological polar surface area (TPSA) is 62.2 Å². The number of morpholine rings is 1. The maximum atomic E-state index is 12.7. The van der Waals surface area contributed by atoms with E-state index in [4.69, 9.17) is 9.47 Å². The normalized spacial score (nSPS) is 19.9. The molecule has 1 fully saturated rings. The summed E-state index contributed by atoms with van der Waals surface area (Å²) in [6.07, 6.45) is -0.415. The molecular weight excluding hydrogens is 308 g/mol. The highest BCUT2D eigenvalue weighted by Crippen LogP contribution is 2.11. The molecule has 1 saturated heterocycles. The fourth-order valence-electron chi connectivity index (χ4n) is 2.92. The first kappa shape index (κ1) is 18.9. The summed E-state index contributed by atoms with van der Waals surface area (Å²) in [6.45, 7) is 6.10. The molecule has 2 rings (SSSR count). The lowest BCUT2D eigenvalue weighted by Crippen LogP contribution is -2.50. The highest BCUT2D eigenvalue weighted by Gasteiger charge is 2.25. The smallest absolute Gasteiger partial charge is 0.254 e. The zero-order valence-corrected chi connectivity index (χ0v) is 14.6. The van der Waals surface area contributed by atoms with Crippen molar-refractivity contribution in [3.05, 3.63) is 35.9 Å². The highest BCUT2D eigenvalue weighted by molar-refractivity contribution is 5.94. The van der Waals surface area contributed by atoms with Gasteiger partial charge in [-0.05, 0) is 19.1 Å². The Morgan fingerprint density at radius 3 is 2.88 bits per heavy atom. The van der Waals surface area contributed by atoms with E-state index in [9.17, 15) is 9.90 Å². The van der Waals surface area contributed by atoms with E-state index in [0.717, 1.165) is 13.1 Å². The number of carbonyl (C=O) groups is 1. The first-order valence-electron chi connectivity index (χ1n) is 8.45. The molecule has 1 aromatic rings. The summed E-state index contributed by atoms with van der Waals surface area (Å²) in [6, 6.07) is 9.27. The highest BCUT2D eigenvalue weighted by atomic mass is 16.5. The van der Waals surface area contributed by atoms with Crippen molar-refractivity contribution in [3.63, 3.8) is 0 Å². The van der Waals surface area contributed by atoms with Gasteiger partial charge in [-0.3, -0.25) is 9.69 Å². The molecule has 1 aromatic carbocycles. The van der Waals surface area contributed by atoms with E-state index in [1.54, 1.807) is 18.9 Å². The van der Waals surface area contributed by atoms with Crippen LogP contribution in [0.5, 0.6) is 0 Å². The summed E-state index contributed by atoms with van der Waals surface area (Å²) in [5.74, 6) is -0.0103. The van der Waals surface area contributed by atoms with E-state index in [0.29, 0.717) is 38.4 Å². The van der Waals surface area contributed by atoms with Crippen LogP contribution in [0.4, 0.5) is 0 Å². The molecule has 1 aliphatic heterocycles. The van der Waals surface area contributed by atoms with Gasteiger partial charge in [0.1, 0.15) is 0 Å². The third-order valence-electron chi connectivity index (χ3n) is 4.04. The third kappa shape index (κ3) is 5.87. The predicted molar refractivity (Wildman–Crippen MR) is 92.1 cm³/mol. The zero-order chi connectivity index (χ0) is 17.4. The molecule has 24 heavy (non-hydrogen) atoms. The molecule has 0 saturated carbocycles. The molecule has 0 aromatic heterocycles. The average molecular weight is 336 g/mol. The Morgan fingerprint density at radius 2 is 2.21 bits per heavy atom. The molecule has 0 spiro atoms. The second kappa shape index (κ2) is 9.74. The molecular formula is C18H28N2O4. The number of carbonyl (C=O) groups excluding carboxylic acids is 1. The van der Waals surface area contributed by atoms with Gasteiger partial charge < -0.3 is 19.5 Å². The molecule has 0 radical (unpaired) electrons. The van der Waals surface area contributed by atoms with Gasteiger partial charge in [0.15, 0.2) is 0 Å². The number of aliphatic hydroxyl groups is 1. The second-order valence-corrected chi connectivity index (χ2v) is 6.21. The number of benzene rings is 1. The molecule has 1 amide bonds. The molecule has 6 heteroatoms. The van der Waals surface area contributed by atoms with E-state index in [1.165, 1.54) is 0 Å². The Hall–Kier alpha value is -1.47. The minimum atomic E-state index is -0.362. The average Bonchev–Trinajstić information content (AvgIpc) is 2.58. The molecule has 6 nitrogen and oxygen atoms in total. The van der Waals surface area contributed by atoms with Gasteiger partial charge in [0.05, 0.1) is 25.4 Å². The van der Waals surface area contributed by atoms with Gasteiger partial charge in [-0.1, -0.05) is 18.2 Å². The summed E-state index contributed by atoms with van der Waals surface area (Å²) < 4.78 is 11.0. The molecule has 0 aliphatic carbocycles. The van der Waals surface area contributed by atoms with Crippen molar-refractivity contribution >= 4 is 5.91 Å². The quantitative estimate of drug-likeness (QED) is 0.763. The molecule has 134 valence electrons. The first-order chi connectivity index (χ1) is 11.6. The predicted octanol–water partition coefficient (Wildman–Crippen LogP) is 0.857. The van der Waals surface area contributed by atoms with Crippen LogP contribution in [-0.4, -0.2) is 86.1 Å². The number of nitrogens with zero attached hydrogens (tertiary/aromatic N) is 2. The largest absolute Gasteiger partial charge is 0.392 e. The van der Waals surface area contributed by atoms with Crippen molar-refractivity contribution in [1.29, 1.82) is 0 Å². The number of ether oxygens (including phenoxy) is 2. The number of amides is 1. The molecule has 1 aliphatic rings. The van der Waals surface area contributed by atoms with Crippen LogP contribution in [0.1, 0.15) is 17.3 Å². The van der Waals surface area contributed by atoms with Crippen molar-refractivity contribution in [2.75, 3.05) is 53.0 Å². The number of rotatable bonds is 8. The Labute approximate surface area is 144 Å². The van der Waals surface area contributed by atoms with Crippen LogP contribution in [0.3, 0.4) is 0 Å². The SMILES string of the molecule is COCCN(C[C@@H]1CN(C[C@@H](C)O)CCO1)C(=O)c1ccccc1. The lowest BCUT2D eigenvalue weighted by atomic mass is 10.1. The number of aliphatic hydroxyl groups excluding tert-OH is 1. The molecule has 0 bridgehead atoms. The van der Waals surface area contributed by atoms with Crippen molar-refractivity contribution in [2.24, 2.45) is 0 Å². The molecule has 1 heterocycles. The number of hydrogen-bond donors (Lipinski definition) is 1. The van der Waals surface area contributed by atoms with Gasteiger partial charge >= 0.3 is 0 Å². The summed E-state index contributed by atoms with van der Waals surface area (Å²) in [7, 11) is 1.63. The number of β-amino-alcohol motifs (C(OH)–C–C–N with tert-alkyl or cyclic N) is 1. The summed E-state index contributed by atoms with van der Waals surface area (Å²) in [5, 5.41) is 9.56. The van der Waals surface area contributed by atoms with Gasteiger partial charge in [0.25, 0.3) is 5.91 Å². The van der Waals surface area contributed by atoms with Crippen LogP contribution in [0.15, 0.2) is 30.3 Å². The van der Waals surface area contributed by atoms with Gasteiger partial charge in [-0.25, -0.2) is 0 Å². The third-order valence-corrected chi connectivity index (χ3v) is 4.04. The summed E-state index contributed by atoms with van der Waals surface area (Å²) in [4.78, 5) is 16.7. The zero-order valence-electron chi connectivity index (χ0n) is 14.6. The van der Waals surface area contributed by atoms with Gasteiger partial charge in [-0.2, -0.15) is 0 Å². The van der Waals surface area contributed by atoms with Crippen LogP contribution in [0.25, 0.3) is 0 Å². The fourth-order valence-corrected chi connectivity index (χ4v) is 2.92. The Kier molecular flexibility index (Phi) is 7.65. The molecule has 0 unspecified atom stereocenters. The summed E-state index contributed by atoms with van der Waals surface area (Å²) in [5.41, 5.74) is 0.672. The van der Waals surface area contributed by atoms with Crippen LogP contribution in [-0.2, 0) is 9.47 Å². The standard InChI is InChI=1S/C18H28N2O4/c1-15(21)12-19-8-11-24-17(13-19)14-20(9-10-23-2)18(22)16-6-4-3-5-7-16/h3-7,15,17,21H,8-14H2,1-2H3/t15-,17+/m1/s1. The molecule has 1 N–H and O–H groups in total. The minimum absolute atomic E-state index is 0.0103. The minimum Gasteiger partial charge on any atom is -0.392 e. The van der Waals surface area contributed by atoms with Crippen LogP contribution >= 0.6 is 0 Å². The van der Waals surface area contributed by atoms with E-state index < -0.39 is 0 Å². The van der Waals surface area contributed by atoms with Crippen molar-refractivity contribution in [3.8, 4) is 0 Å². The lowest BCUT2D eigenvalue weighted by Gasteiger charge is -2.36.